The number of hydrogen-bond donors (Lipinski definition) is 0. The topological polar surface area (TPSA) is 26.3 Å². The molecule has 0 atom stereocenters. The maximum atomic E-state index is 11.7. The molecule has 0 unspecified atom stereocenters. The fourth-order valence-electron chi connectivity index (χ4n) is 1.18. The Kier molecular flexibility index (Phi) is 4.10. The standard InChI is InChI=1S/C13H16O2/c1-4-11-7-5-6-8-12(11)13(14)15-9-10(2)3/h4-8,10H,1,9H2,2-3H3. The Morgan fingerprint density at radius 3 is 2.73 bits per heavy atom. The van der Waals surface area contributed by atoms with E-state index in [2.05, 4.69) is 6.58 Å². The van der Waals surface area contributed by atoms with Gasteiger partial charge in [-0.3, -0.25) is 0 Å². The van der Waals surface area contributed by atoms with E-state index in [0.29, 0.717) is 18.1 Å². The first-order chi connectivity index (χ1) is 7.15. The highest BCUT2D eigenvalue weighted by atomic mass is 16.5. The van der Waals surface area contributed by atoms with Crippen LogP contribution in [-0.4, -0.2) is 12.6 Å². The van der Waals surface area contributed by atoms with Crippen LogP contribution < -0.4 is 0 Å². The second-order valence-corrected chi connectivity index (χ2v) is 3.78. The molecule has 1 aromatic rings. The van der Waals surface area contributed by atoms with Gasteiger partial charge in [0.25, 0.3) is 0 Å². The minimum absolute atomic E-state index is 0.279. The summed E-state index contributed by atoms with van der Waals surface area (Å²) in [4.78, 5) is 11.7. The maximum Gasteiger partial charge on any atom is 0.338 e. The van der Waals surface area contributed by atoms with E-state index in [1.54, 1.807) is 12.1 Å². The number of benzene rings is 1. The van der Waals surface area contributed by atoms with Crippen LogP contribution in [-0.2, 0) is 4.74 Å². The van der Waals surface area contributed by atoms with Gasteiger partial charge in [-0.1, -0.05) is 44.7 Å². The molecular formula is C13H16O2. The van der Waals surface area contributed by atoms with Crippen molar-refractivity contribution in [2.45, 2.75) is 13.8 Å². The Bertz CT molecular complexity index is 353. The van der Waals surface area contributed by atoms with E-state index < -0.39 is 0 Å². The Morgan fingerprint density at radius 1 is 1.47 bits per heavy atom. The normalized spacial score (nSPS) is 10.1. The second kappa shape index (κ2) is 5.35. The molecule has 1 aromatic carbocycles. The highest BCUT2D eigenvalue weighted by Gasteiger charge is 2.10. The fourth-order valence-corrected chi connectivity index (χ4v) is 1.18. The van der Waals surface area contributed by atoms with E-state index in [4.69, 9.17) is 4.74 Å². The van der Waals surface area contributed by atoms with Gasteiger partial charge in [0.05, 0.1) is 12.2 Å². The van der Waals surface area contributed by atoms with Crippen LogP contribution in [0.3, 0.4) is 0 Å². The first-order valence-corrected chi connectivity index (χ1v) is 5.03. The molecule has 0 saturated heterocycles. The second-order valence-electron chi connectivity index (χ2n) is 3.78. The number of carbonyl (C=O) groups is 1. The van der Waals surface area contributed by atoms with Gasteiger partial charge in [-0.15, -0.1) is 0 Å². The number of rotatable bonds is 4. The third-order valence-corrected chi connectivity index (χ3v) is 1.95. The molecule has 0 spiro atoms. The van der Waals surface area contributed by atoms with Gasteiger partial charge in [-0.2, -0.15) is 0 Å². The van der Waals surface area contributed by atoms with Crippen molar-refractivity contribution < 1.29 is 9.53 Å². The van der Waals surface area contributed by atoms with Crippen LogP contribution in [0.15, 0.2) is 30.8 Å². The smallest absolute Gasteiger partial charge is 0.338 e. The minimum Gasteiger partial charge on any atom is -0.462 e. The zero-order valence-corrected chi connectivity index (χ0v) is 9.19. The third kappa shape index (κ3) is 3.24. The molecule has 0 aromatic heterocycles. The van der Waals surface area contributed by atoms with E-state index >= 15 is 0 Å². The molecule has 1 rings (SSSR count). The average molecular weight is 204 g/mol. The lowest BCUT2D eigenvalue weighted by Gasteiger charge is -2.08. The lowest BCUT2D eigenvalue weighted by atomic mass is 10.1. The van der Waals surface area contributed by atoms with E-state index in [1.807, 2.05) is 32.0 Å². The molecule has 0 fully saturated rings. The van der Waals surface area contributed by atoms with E-state index in [0.717, 1.165) is 5.56 Å². The van der Waals surface area contributed by atoms with Crippen molar-refractivity contribution in [3.05, 3.63) is 42.0 Å². The summed E-state index contributed by atoms with van der Waals surface area (Å²) in [7, 11) is 0. The van der Waals surface area contributed by atoms with Crippen molar-refractivity contribution in [3.63, 3.8) is 0 Å². The van der Waals surface area contributed by atoms with E-state index in [-0.39, 0.29) is 5.97 Å². The van der Waals surface area contributed by atoms with Crippen molar-refractivity contribution in [2.24, 2.45) is 5.92 Å². The zero-order chi connectivity index (χ0) is 11.3. The summed E-state index contributed by atoms with van der Waals surface area (Å²) < 4.78 is 5.15. The van der Waals surface area contributed by atoms with E-state index in [1.165, 1.54) is 0 Å². The van der Waals surface area contributed by atoms with Crippen molar-refractivity contribution in [3.8, 4) is 0 Å². The van der Waals surface area contributed by atoms with Crippen LogP contribution in [0.25, 0.3) is 6.08 Å². The molecule has 0 N–H and O–H groups in total. The third-order valence-electron chi connectivity index (χ3n) is 1.95. The molecule has 80 valence electrons. The van der Waals surface area contributed by atoms with E-state index in [9.17, 15) is 4.79 Å². The number of esters is 1. The van der Waals surface area contributed by atoms with Gasteiger partial charge in [0.2, 0.25) is 0 Å². The lowest BCUT2D eigenvalue weighted by Crippen LogP contribution is -2.11. The van der Waals surface area contributed by atoms with Gasteiger partial charge in [0, 0.05) is 0 Å². The minimum atomic E-state index is -0.279. The number of carbonyl (C=O) groups excluding carboxylic acids is 1. The molecule has 2 heteroatoms. The SMILES string of the molecule is C=Cc1ccccc1C(=O)OCC(C)C. The molecular weight excluding hydrogens is 188 g/mol. The molecule has 0 aliphatic carbocycles. The predicted octanol–water partition coefficient (Wildman–Crippen LogP) is 3.14. The van der Waals surface area contributed by atoms with Gasteiger partial charge < -0.3 is 4.74 Å². The predicted molar refractivity (Wildman–Crippen MR) is 61.7 cm³/mol. The summed E-state index contributed by atoms with van der Waals surface area (Å²) in [6, 6.07) is 7.29. The van der Waals surface area contributed by atoms with Crippen LogP contribution in [0.1, 0.15) is 29.8 Å². The lowest BCUT2D eigenvalue weighted by molar-refractivity contribution is 0.0458. The van der Waals surface area contributed by atoms with Gasteiger partial charge in [0.15, 0.2) is 0 Å². The summed E-state index contributed by atoms with van der Waals surface area (Å²) >= 11 is 0. The Labute approximate surface area is 90.6 Å². The first-order valence-electron chi connectivity index (χ1n) is 5.03. The van der Waals surface area contributed by atoms with Crippen LogP contribution in [0.5, 0.6) is 0 Å². The van der Waals surface area contributed by atoms with Crippen LogP contribution in [0.2, 0.25) is 0 Å². The van der Waals surface area contributed by atoms with Crippen molar-refractivity contribution in [1.82, 2.24) is 0 Å². The molecule has 0 heterocycles. The van der Waals surface area contributed by atoms with Gasteiger partial charge in [0.1, 0.15) is 0 Å². The Morgan fingerprint density at radius 2 is 2.13 bits per heavy atom. The summed E-state index contributed by atoms with van der Waals surface area (Å²) in [5.41, 5.74) is 1.39. The molecule has 2 nitrogen and oxygen atoms in total. The van der Waals surface area contributed by atoms with Gasteiger partial charge in [-0.05, 0) is 17.5 Å². The van der Waals surface area contributed by atoms with Gasteiger partial charge in [-0.25, -0.2) is 4.79 Å². The monoisotopic (exact) mass is 204 g/mol. The van der Waals surface area contributed by atoms with Crippen LogP contribution >= 0.6 is 0 Å². The van der Waals surface area contributed by atoms with Crippen LogP contribution in [0.4, 0.5) is 0 Å². The molecule has 0 aliphatic rings. The number of ether oxygens (including phenoxy) is 1. The summed E-state index contributed by atoms with van der Waals surface area (Å²) in [5, 5.41) is 0. The number of hydrogen-bond acceptors (Lipinski definition) is 2. The fraction of sp³-hybridized carbons (Fsp3) is 0.308. The molecule has 0 aliphatic heterocycles. The largest absolute Gasteiger partial charge is 0.462 e. The summed E-state index contributed by atoms with van der Waals surface area (Å²) in [5.74, 6) is 0.0732. The van der Waals surface area contributed by atoms with Gasteiger partial charge >= 0.3 is 5.97 Å². The molecule has 0 bridgehead atoms. The average Bonchev–Trinajstić information content (AvgIpc) is 2.25. The highest BCUT2D eigenvalue weighted by Crippen LogP contribution is 2.11. The first kappa shape index (κ1) is 11.5. The Balaban J connectivity index is 2.77. The molecule has 0 saturated carbocycles. The molecule has 0 amide bonds. The Hall–Kier alpha value is -1.57. The zero-order valence-electron chi connectivity index (χ0n) is 9.19. The highest BCUT2D eigenvalue weighted by molar-refractivity contribution is 5.93. The molecule has 15 heavy (non-hydrogen) atoms. The summed E-state index contributed by atoms with van der Waals surface area (Å²) in [6.07, 6.45) is 1.66. The quantitative estimate of drug-likeness (QED) is 0.704. The maximum absolute atomic E-state index is 11.7. The van der Waals surface area contributed by atoms with Crippen LogP contribution in [0, 0.1) is 5.92 Å². The summed E-state index contributed by atoms with van der Waals surface area (Å²) in [6.45, 7) is 8.12. The molecule has 0 radical (unpaired) electrons. The van der Waals surface area contributed by atoms with Crippen molar-refractivity contribution >= 4 is 12.0 Å². The van der Waals surface area contributed by atoms with Crippen molar-refractivity contribution in [2.75, 3.05) is 6.61 Å². The van der Waals surface area contributed by atoms with Crippen molar-refractivity contribution in [1.29, 1.82) is 0 Å².